The van der Waals surface area contributed by atoms with Crippen LogP contribution < -0.4 is 0 Å². The molecule has 1 aliphatic rings. The summed E-state index contributed by atoms with van der Waals surface area (Å²) in [5.41, 5.74) is 7.18. The lowest BCUT2D eigenvalue weighted by atomic mass is 9.97. The standard InChI is InChI=1S/C20H27N/c1-5-18(20-13-9-7-11-17(20)3)14-21(4)15-19-12-8-6-10-16(19)2/h5-7,9-11,13H,8,12,14-15H2,1-4H3/b18-5+. The molecule has 0 radical (unpaired) electrons. The molecule has 0 spiro atoms. The van der Waals surface area contributed by atoms with Crippen molar-refractivity contribution in [2.45, 2.75) is 33.6 Å². The van der Waals surface area contributed by atoms with Gasteiger partial charge in [0.05, 0.1) is 0 Å². The summed E-state index contributed by atoms with van der Waals surface area (Å²) in [4.78, 5) is 2.43. The molecule has 21 heavy (non-hydrogen) atoms. The van der Waals surface area contributed by atoms with Crippen LogP contribution in [0.5, 0.6) is 0 Å². The first-order valence-corrected chi connectivity index (χ1v) is 7.86. The Morgan fingerprint density at radius 1 is 1.24 bits per heavy atom. The van der Waals surface area contributed by atoms with Crippen LogP contribution >= 0.6 is 0 Å². The van der Waals surface area contributed by atoms with Gasteiger partial charge in [0.1, 0.15) is 0 Å². The molecule has 1 aliphatic carbocycles. The Morgan fingerprint density at radius 2 is 2.00 bits per heavy atom. The highest BCUT2D eigenvalue weighted by atomic mass is 15.1. The second-order valence-electron chi connectivity index (χ2n) is 6.03. The number of rotatable bonds is 5. The molecule has 0 bridgehead atoms. The van der Waals surface area contributed by atoms with E-state index in [1.54, 1.807) is 5.57 Å². The molecule has 0 N–H and O–H groups in total. The Balaban J connectivity index is 2.06. The Labute approximate surface area is 129 Å². The van der Waals surface area contributed by atoms with Crippen molar-refractivity contribution in [3.8, 4) is 0 Å². The number of likely N-dealkylation sites (N-methyl/N-ethyl adjacent to an activating group) is 1. The molecule has 0 atom stereocenters. The Kier molecular flexibility index (Phi) is 5.58. The first-order valence-electron chi connectivity index (χ1n) is 7.86. The van der Waals surface area contributed by atoms with Gasteiger partial charge in [0.2, 0.25) is 0 Å². The van der Waals surface area contributed by atoms with Gasteiger partial charge in [-0.1, -0.05) is 53.6 Å². The lowest BCUT2D eigenvalue weighted by molar-refractivity contribution is 0.402. The molecule has 0 unspecified atom stereocenters. The van der Waals surface area contributed by atoms with Crippen LogP contribution in [0.25, 0.3) is 5.57 Å². The molecule has 1 heteroatoms. The third-order valence-electron chi connectivity index (χ3n) is 4.28. The molecule has 0 aliphatic heterocycles. The SMILES string of the molecule is C/C=C(\CN(C)CC1=C(C)C=CCC1)c1ccccc1C. The van der Waals surface area contributed by atoms with Gasteiger partial charge in [0.25, 0.3) is 0 Å². The fraction of sp³-hybridized carbons (Fsp3) is 0.400. The third-order valence-corrected chi connectivity index (χ3v) is 4.28. The van der Waals surface area contributed by atoms with Crippen LogP contribution in [0.15, 0.2) is 53.6 Å². The number of allylic oxidation sites excluding steroid dienone is 4. The summed E-state index contributed by atoms with van der Waals surface area (Å²) in [7, 11) is 2.22. The number of benzene rings is 1. The summed E-state index contributed by atoms with van der Waals surface area (Å²) in [6.07, 6.45) is 9.20. The number of hydrogen-bond donors (Lipinski definition) is 0. The van der Waals surface area contributed by atoms with E-state index in [0.29, 0.717) is 0 Å². The predicted octanol–water partition coefficient (Wildman–Crippen LogP) is 5.00. The highest BCUT2D eigenvalue weighted by molar-refractivity contribution is 5.69. The number of aryl methyl sites for hydroxylation is 1. The molecule has 0 aromatic heterocycles. The van der Waals surface area contributed by atoms with E-state index in [1.807, 2.05) is 0 Å². The summed E-state index contributed by atoms with van der Waals surface area (Å²) >= 11 is 0. The zero-order valence-corrected chi connectivity index (χ0v) is 13.8. The minimum absolute atomic E-state index is 1.00. The van der Waals surface area contributed by atoms with Crippen molar-refractivity contribution in [1.29, 1.82) is 0 Å². The second-order valence-corrected chi connectivity index (χ2v) is 6.03. The van der Waals surface area contributed by atoms with Crippen LogP contribution in [0.3, 0.4) is 0 Å². The molecule has 1 aromatic carbocycles. The highest BCUT2D eigenvalue weighted by Crippen LogP contribution is 2.22. The molecule has 2 rings (SSSR count). The maximum absolute atomic E-state index is 2.43. The van der Waals surface area contributed by atoms with Crippen molar-refractivity contribution < 1.29 is 0 Å². The van der Waals surface area contributed by atoms with Crippen LogP contribution in [0.4, 0.5) is 0 Å². The minimum atomic E-state index is 1.00. The van der Waals surface area contributed by atoms with Gasteiger partial charge in [-0.05, 0) is 57.4 Å². The Morgan fingerprint density at radius 3 is 2.67 bits per heavy atom. The van der Waals surface area contributed by atoms with Crippen LogP contribution in [0, 0.1) is 6.92 Å². The van der Waals surface area contributed by atoms with E-state index >= 15 is 0 Å². The molecule has 0 saturated heterocycles. The first-order chi connectivity index (χ1) is 10.1. The molecular formula is C20H27N. The van der Waals surface area contributed by atoms with Crippen molar-refractivity contribution in [3.63, 3.8) is 0 Å². The van der Waals surface area contributed by atoms with Gasteiger partial charge in [0, 0.05) is 13.1 Å². The summed E-state index contributed by atoms with van der Waals surface area (Å²) in [5, 5.41) is 0. The molecule has 1 aromatic rings. The van der Waals surface area contributed by atoms with E-state index in [2.05, 4.69) is 75.2 Å². The lowest BCUT2D eigenvalue weighted by Gasteiger charge is -2.23. The van der Waals surface area contributed by atoms with Crippen molar-refractivity contribution in [1.82, 2.24) is 4.90 Å². The summed E-state index contributed by atoms with van der Waals surface area (Å²) < 4.78 is 0. The smallest absolute Gasteiger partial charge is 0.0236 e. The van der Waals surface area contributed by atoms with Crippen LogP contribution in [-0.4, -0.2) is 25.0 Å². The average Bonchev–Trinajstić information content (AvgIpc) is 2.48. The van der Waals surface area contributed by atoms with Gasteiger partial charge in [-0.3, -0.25) is 4.90 Å². The van der Waals surface area contributed by atoms with E-state index < -0.39 is 0 Å². The van der Waals surface area contributed by atoms with E-state index in [-0.39, 0.29) is 0 Å². The maximum Gasteiger partial charge on any atom is 0.0236 e. The van der Waals surface area contributed by atoms with Crippen molar-refractivity contribution in [3.05, 3.63) is 64.8 Å². The third kappa shape index (κ3) is 4.18. The van der Waals surface area contributed by atoms with E-state index in [1.165, 1.54) is 35.1 Å². The van der Waals surface area contributed by atoms with Crippen molar-refractivity contribution in [2.24, 2.45) is 0 Å². The van der Waals surface area contributed by atoms with E-state index in [4.69, 9.17) is 0 Å². The van der Waals surface area contributed by atoms with Gasteiger partial charge in [-0.15, -0.1) is 0 Å². The summed E-state index contributed by atoms with van der Waals surface area (Å²) in [6, 6.07) is 8.66. The molecule has 0 fully saturated rings. The average molecular weight is 281 g/mol. The van der Waals surface area contributed by atoms with E-state index in [0.717, 1.165) is 13.1 Å². The van der Waals surface area contributed by atoms with Gasteiger partial charge in [-0.2, -0.15) is 0 Å². The zero-order chi connectivity index (χ0) is 15.2. The van der Waals surface area contributed by atoms with Crippen molar-refractivity contribution in [2.75, 3.05) is 20.1 Å². The molecule has 112 valence electrons. The molecule has 1 nitrogen and oxygen atoms in total. The highest BCUT2D eigenvalue weighted by Gasteiger charge is 2.11. The quantitative estimate of drug-likeness (QED) is 0.734. The summed E-state index contributed by atoms with van der Waals surface area (Å²) in [6.45, 7) is 8.64. The summed E-state index contributed by atoms with van der Waals surface area (Å²) in [5.74, 6) is 0. The second kappa shape index (κ2) is 7.42. The monoisotopic (exact) mass is 281 g/mol. The molecule has 0 heterocycles. The van der Waals surface area contributed by atoms with E-state index in [9.17, 15) is 0 Å². The lowest BCUT2D eigenvalue weighted by Crippen LogP contribution is -2.24. The molecular weight excluding hydrogens is 254 g/mol. The van der Waals surface area contributed by atoms with Gasteiger partial charge < -0.3 is 0 Å². The first kappa shape index (κ1) is 15.8. The van der Waals surface area contributed by atoms with Crippen LogP contribution in [0.2, 0.25) is 0 Å². The number of hydrogen-bond acceptors (Lipinski definition) is 1. The fourth-order valence-electron chi connectivity index (χ4n) is 2.97. The normalized spacial score (nSPS) is 16.0. The Hall–Kier alpha value is -1.60. The van der Waals surface area contributed by atoms with Gasteiger partial charge in [0.15, 0.2) is 0 Å². The van der Waals surface area contributed by atoms with Crippen molar-refractivity contribution >= 4 is 5.57 Å². The zero-order valence-electron chi connectivity index (χ0n) is 13.8. The molecule has 0 saturated carbocycles. The number of nitrogens with zero attached hydrogens (tertiary/aromatic N) is 1. The topological polar surface area (TPSA) is 3.24 Å². The molecule has 0 amide bonds. The van der Waals surface area contributed by atoms with Gasteiger partial charge >= 0.3 is 0 Å². The Bertz CT molecular complexity index is 575. The largest absolute Gasteiger partial charge is 0.298 e. The van der Waals surface area contributed by atoms with Crippen LogP contribution in [-0.2, 0) is 0 Å². The minimum Gasteiger partial charge on any atom is -0.298 e. The maximum atomic E-state index is 2.43. The predicted molar refractivity (Wildman–Crippen MR) is 93.4 cm³/mol. The fourth-order valence-corrected chi connectivity index (χ4v) is 2.97. The van der Waals surface area contributed by atoms with Gasteiger partial charge in [-0.25, -0.2) is 0 Å². The van der Waals surface area contributed by atoms with Crippen LogP contribution in [0.1, 0.15) is 37.8 Å².